The fraction of sp³-hybridized carbons (Fsp3) is 0.357. The number of aromatic amines is 1. The highest BCUT2D eigenvalue weighted by atomic mass is 16.4. The summed E-state index contributed by atoms with van der Waals surface area (Å²) in [5.74, 6) is -0.815. The molecule has 2 rings (SSSR count). The molecule has 0 aliphatic rings. The number of rotatable bonds is 4. The number of carbonyl (C=O) groups is 1. The number of likely N-dealkylation sites (N-methyl/N-ethyl adjacent to an activating group) is 1. The van der Waals surface area contributed by atoms with E-state index in [1.165, 1.54) is 0 Å². The number of carboxylic acid groups (broad SMARTS) is 1. The largest absolute Gasteiger partial charge is 0.480 e. The Hall–Kier alpha value is -1.81. The summed E-state index contributed by atoms with van der Waals surface area (Å²) in [5, 5.41) is 10.3. The lowest BCUT2D eigenvalue weighted by Gasteiger charge is -2.31. The van der Waals surface area contributed by atoms with E-state index in [2.05, 4.69) is 4.98 Å². The molecule has 0 spiro atoms. The van der Waals surface area contributed by atoms with Crippen molar-refractivity contribution in [3.63, 3.8) is 0 Å². The second-order valence-electron chi connectivity index (χ2n) is 5.08. The predicted octanol–water partition coefficient (Wildman–Crippen LogP) is 2.46. The molecule has 0 radical (unpaired) electrons. The number of para-hydroxylation sites is 1. The summed E-state index contributed by atoms with van der Waals surface area (Å²) in [6, 6.07) is 8.03. The molecule has 0 unspecified atom stereocenters. The molecule has 0 saturated carbocycles. The second-order valence-corrected chi connectivity index (χ2v) is 5.08. The van der Waals surface area contributed by atoms with Crippen LogP contribution in [0.5, 0.6) is 0 Å². The predicted molar refractivity (Wildman–Crippen MR) is 71.5 cm³/mol. The van der Waals surface area contributed by atoms with E-state index in [9.17, 15) is 9.90 Å². The molecule has 2 N–H and O–H groups in total. The lowest BCUT2D eigenvalue weighted by atomic mass is 10.0. The number of hydrogen-bond acceptors (Lipinski definition) is 2. The molecule has 1 aromatic heterocycles. The van der Waals surface area contributed by atoms with Gasteiger partial charge < -0.3 is 10.1 Å². The molecule has 4 nitrogen and oxygen atoms in total. The highest BCUT2D eigenvalue weighted by Crippen LogP contribution is 2.22. The van der Waals surface area contributed by atoms with E-state index in [0.717, 1.165) is 16.5 Å². The first-order valence-electron chi connectivity index (χ1n) is 5.92. The van der Waals surface area contributed by atoms with Crippen LogP contribution in [-0.2, 0) is 11.3 Å². The number of aliphatic carboxylic acids is 1. The normalized spacial score (nSPS) is 12.2. The minimum Gasteiger partial charge on any atom is -0.480 e. The van der Waals surface area contributed by atoms with Gasteiger partial charge >= 0.3 is 5.97 Å². The summed E-state index contributed by atoms with van der Waals surface area (Å²) in [6.07, 6.45) is 1.94. The van der Waals surface area contributed by atoms with Gasteiger partial charge in [-0.3, -0.25) is 9.69 Å². The molecule has 0 aliphatic heterocycles. The minimum atomic E-state index is -0.877. The summed E-state index contributed by atoms with van der Waals surface area (Å²) in [4.78, 5) is 16.2. The standard InChI is InChI=1S/C14H18N2O2/c1-14(2,13(17)18)16(3)9-10-8-15-12-7-5-4-6-11(10)12/h4-8,15H,9H2,1-3H3,(H,17,18). The van der Waals surface area contributed by atoms with Crippen LogP contribution in [-0.4, -0.2) is 33.5 Å². The van der Waals surface area contributed by atoms with Crippen molar-refractivity contribution in [1.29, 1.82) is 0 Å². The number of carboxylic acids is 1. The smallest absolute Gasteiger partial charge is 0.323 e. The maximum atomic E-state index is 11.2. The van der Waals surface area contributed by atoms with Crippen LogP contribution in [0.3, 0.4) is 0 Å². The third-order valence-electron chi connectivity index (χ3n) is 3.56. The Balaban J connectivity index is 2.27. The van der Waals surface area contributed by atoms with Gasteiger partial charge in [0.05, 0.1) is 0 Å². The Morgan fingerprint density at radius 1 is 1.39 bits per heavy atom. The summed E-state index contributed by atoms with van der Waals surface area (Å²) < 4.78 is 0. The first-order chi connectivity index (χ1) is 8.43. The molecule has 0 fully saturated rings. The molecule has 0 bridgehead atoms. The zero-order valence-corrected chi connectivity index (χ0v) is 10.9. The molecule has 0 amide bonds. The molecular formula is C14H18N2O2. The topological polar surface area (TPSA) is 56.3 Å². The number of benzene rings is 1. The highest BCUT2D eigenvalue weighted by molar-refractivity contribution is 5.83. The van der Waals surface area contributed by atoms with Gasteiger partial charge in [-0.25, -0.2) is 0 Å². The Bertz CT molecular complexity index is 572. The van der Waals surface area contributed by atoms with E-state index >= 15 is 0 Å². The second kappa shape index (κ2) is 4.46. The van der Waals surface area contributed by atoms with Gasteiger partial charge in [0.2, 0.25) is 0 Å². The lowest BCUT2D eigenvalue weighted by Crippen LogP contribution is -2.47. The third kappa shape index (κ3) is 2.11. The van der Waals surface area contributed by atoms with Crippen LogP contribution >= 0.6 is 0 Å². The molecule has 0 atom stereocenters. The maximum absolute atomic E-state index is 11.2. The number of fused-ring (bicyclic) bond motifs is 1. The van der Waals surface area contributed by atoms with Crippen molar-refractivity contribution in [3.05, 3.63) is 36.0 Å². The summed E-state index contributed by atoms with van der Waals surface area (Å²) in [5.41, 5.74) is 1.31. The van der Waals surface area contributed by atoms with E-state index in [1.807, 2.05) is 42.4 Å². The number of H-pyrrole nitrogens is 1. The van der Waals surface area contributed by atoms with Gasteiger partial charge in [0.15, 0.2) is 0 Å². The zero-order valence-electron chi connectivity index (χ0n) is 10.9. The first kappa shape index (κ1) is 12.6. The van der Waals surface area contributed by atoms with Crippen LogP contribution in [0.15, 0.2) is 30.5 Å². The Morgan fingerprint density at radius 3 is 2.72 bits per heavy atom. The molecule has 96 valence electrons. The monoisotopic (exact) mass is 246 g/mol. The Kier molecular flexibility index (Phi) is 3.13. The fourth-order valence-corrected chi connectivity index (χ4v) is 1.88. The Labute approximate surface area is 106 Å². The van der Waals surface area contributed by atoms with Crippen molar-refractivity contribution in [1.82, 2.24) is 9.88 Å². The zero-order chi connectivity index (χ0) is 13.3. The molecule has 0 aliphatic carbocycles. The van der Waals surface area contributed by atoms with Gasteiger partial charge in [0, 0.05) is 23.6 Å². The van der Waals surface area contributed by atoms with Crippen LogP contribution < -0.4 is 0 Å². The highest BCUT2D eigenvalue weighted by Gasteiger charge is 2.32. The number of nitrogens with one attached hydrogen (secondary N) is 1. The summed E-state index contributed by atoms with van der Waals surface area (Å²) in [6.45, 7) is 4.03. The number of hydrogen-bond donors (Lipinski definition) is 2. The van der Waals surface area contributed by atoms with Crippen LogP contribution in [0.1, 0.15) is 19.4 Å². The van der Waals surface area contributed by atoms with Crippen LogP contribution in [0.4, 0.5) is 0 Å². The van der Waals surface area contributed by atoms with E-state index in [0.29, 0.717) is 6.54 Å². The fourth-order valence-electron chi connectivity index (χ4n) is 1.88. The van der Waals surface area contributed by atoms with Crippen LogP contribution in [0.25, 0.3) is 10.9 Å². The van der Waals surface area contributed by atoms with Gasteiger partial charge in [-0.2, -0.15) is 0 Å². The van der Waals surface area contributed by atoms with E-state index in [-0.39, 0.29) is 0 Å². The van der Waals surface area contributed by atoms with Crippen molar-refractivity contribution < 1.29 is 9.90 Å². The minimum absolute atomic E-state index is 0.601. The van der Waals surface area contributed by atoms with Gasteiger partial charge in [0.1, 0.15) is 5.54 Å². The molecule has 0 saturated heterocycles. The van der Waals surface area contributed by atoms with E-state index < -0.39 is 11.5 Å². The van der Waals surface area contributed by atoms with E-state index in [4.69, 9.17) is 0 Å². The van der Waals surface area contributed by atoms with Crippen molar-refractivity contribution in [2.75, 3.05) is 7.05 Å². The van der Waals surface area contributed by atoms with E-state index in [1.54, 1.807) is 13.8 Å². The van der Waals surface area contributed by atoms with Crippen LogP contribution in [0, 0.1) is 0 Å². The molecule has 18 heavy (non-hydrogen) atoms. The number of aromatic nitrogens is 1. The molecule has 1 heterocycles. The van der Waals surface area contributed by atoms with Crippen molar-refractivity contribution in [2.45, 2.75) is 25.9 Å². The Morgan fingerprint density at radius 2 is 2.06 bits per heavy atom. The molecule has 1 aromatic carbocycles. The number of nitrogens with zero attached hydrogens (tertiary/aromatic N) is 1. The van der Waals surface area contributed by atoms with Crippen molar-refractivity contribution in [2.24, 2.45) is 0 Å². The van der Waals surface area contributed by atoms with Gasteiger partial charge in [-0.05, 0) is 32.5 Å². The van der Waals surface area contributed by atoms with Crippen molar-refractivity contribution in [3.8, 4) is 0 Å². The average molecular weight is 246 g/mol. The van der Waals surface area contributed by atoms with Crippen LogP contribution in [0.2, 0.25) is 0 Å². The third-order valence-corrected chi connectivity index (χ3v) is 3.56. The lowest BCUT2D eigenvalue weighted by molar-refractivity contribution is -0.148. The van der Waals surface area contributed by atoms with Gasteiger partial charge in [0.25, 0.3) is 0 Å². The summed E-state index contributed by atoms with van der Waals surface area (Å²) in [7, 11) is 1.83. The molecule has 2 aromatic rings. The van der Waals surface area contributed by atoms with Gasteiger partial charge in [-0.1, -0.05) is 18.2 Å². The maximum Gasteiger partial charge on any atom is 0.323 e. The SMILES string of the molecule is CN(Cc1c[nH]c2ccccc12)C(C)(C)C(=O)O. The quantitative estimate of drug-likeness (QED) is 0.871. The average Bonchev–Trinajstić information content (AvgIpc) is 2.72. The van der Waals surface area contributed by atoms with Gasteiger partial charge in [-0.15, -0.1) is 0 Å². The molecule has 4 heteroatoms. The first-order valence-corrected chi connectivity index (χ1v) is 5.92. The molecular weight excluding hydrogens is 228 g/mol. The summed E-state index contributed by atoms with van der Waals surface area (Å²) >= 11 is 0. The van der Waals surface area contributed by atoms with Crippen molar-refractivity contribution >= 4 is 16.9 Å².